The minimum atomic E-state index is -1.83. The van der Waals surface area contributed by atoms with Crippen LogP contribution < -0.4 is 0 Å². The number of rotatable bonds is 4. The number of hydrogen-bond donors (Lipinski definition) is 1. The molecule has 0 aliphatic heterocycles. The van der Waals surface area contributed by atoms with Crippen molar-refractivity contribution >= 4 is 8.32 Å². The third kappa shape index (κ3) is 3.88. The average molecular weight is 281 g/mol. The first-order valence-corrected chi connectivity index (χ1v) is 9.67. The van der Waals surface area contributed by atoms with Crippen LogP contribution in [-0.2, 0) is 16.6 Å². The number of nitrogens with zero attached hydrogens (tertiary/aromatic N) is 1. The molecule has 0 unspecified atom stereocenters. The normalized spacial score (nSPS) is 13.7. The van der Waals surface area contributed by atoms with Crippen LogP contribution in [-0.4, -0.2) is 18.4 Å². The monoisotopic (exact) mass is 281 g/mol. The lowest BCUT2D eigenvalue weighted by molar-refractivity contribution is 0.0855. The minimum Gasteiger partial charge on any atom is -0.406 e. The summed E-state index contributed by atoms with van der Waals surface area (Å²) in [6, 6.07) is 3.85. The maximum atomic E-state index is 9.06. The minimum absolute atomic E-state index is 0.0246. The molecule has 3 nitrogen and oxygen atoms in total. The molecular weight excluding hydrogens is 254 g/mol. The standard InChI is InChI=1S/C15H27NO2Si/c1-14(2,3)19(6,7)18-15(4,5)13-9-8-12(11-17)10-16-13/h8-10,17H,11H2,1-7H3. The van der Waals surface area contributed by atoms with Crippen LogP contribution in [0.4, 0.5) is 0 Å². The van der Waals surface area contributed by atoms with Gasteiger partial charge in [-0.3, -0.25) is 4.98 Å². The lowest BCUT2D eigenvalue weighted by Crippen LogP contribution is -2.46. The van der Waals surface area contributed by atoms with Crippen LogP contribution >= 0.6 is 0 Å². The van der Waals surface area contributed by atoms with Gasteiger partial charge in [-0.15, -0.1) is 0 Å². The highest BCUT2D eigenvalue weighted by molar-refractivity contribution is 6.74. The first-order valence-electron chi connectivity index (χ1n) is 6.76. The van der Waals surface area contributed by atoms with E-state index >= 15 is 0 Å². The molecule has 4 heteroatoms. The molecule has 0 amide bonds. The molecule has 0 bridgehead atoms. The van der Waals surface area contributed by atoms with Crippen LogP contribution in [0.5, 0.6) is 0 Å². The van der Waals surface area contributed by atoms with Gasteiger partial charge in [0.15, 0.2) is 8.32 Å². The zero-order chi connectivity index (χ0) is 14.9. The van der Waals surface area contributed by atoms with Gasteiger partial charge in [-0.2, -0.15) is 0 Å². The lowest BCUT2D eigenvalue weighted by Gasteiger charge is -2.42. The maximum absolute atomic E-state index is 9.06. The van der Waals surface area contributed by atoms with Gasteiger partial charge in [0.25, 0.3) is 0 Å². The molecule has 0 fully saturated rings. The Hall–Kier alpha value is -0.713. The van der Waals surface area contributed by atoms with Crippen molar-refractivity contribution in [1.29, 1.82) is 0 Å². The van der Waals surface area contributed by atoms with Crippen molar-refractivity contribution in [3.8, 4) is 0 Å². The largest absolute Gasteiger partial charge is 0.406 e. The fourth-order valence-electron chi connectivity index (χ4n) is 1.72. The van der Waals surface area contributed by atoms with Crippen LogP contribution in [0.1, 0.15) is 45.9 Å². The summed E-state index contributed by atoms with van der Waals surface area (Å²) in [4.78, 5) is 4.42. The fourth-order valence-corrected chi connectivity index (χ4v) is 3.40. The molecule has 0 aliphatic rings. The molecule has 0 aliphatic carbocycles. The first kappa shape index (κ1) is 16.3. The number of hydrogen-bond acceptors (Lipinski definition) is 3. The maximum Gasteiger partial charge on any atom is 0.193 e. The predicted octanol–water partition coefficient (Wildman–Crippen LogP) is 3.83. The topological polar surface area (TPSA) is 42.4 Å². The molecular formula is C15H27NO2Si. The predicted molar refractivity (Wildman–Crippen MR) is 81.5 cm³/mol. The van der Waals surface area contributed by atoms with E-state index in [2.05, 4.69) is 52.7 Å². The second-order valence-electron chi connectivity index (χ2n) is 7.08. The second-order valence-corrected chi connectivity index (χ2v) is 11.8. The third-order valence-corrected chi connectivity index (χ3v) is 8.57. The molecule has 1 N–H and O–H groups in total. The summed E-state index contributed by atoms with van der Waals surface area (Å²) in [7, 11) is -1.83. The van der Waals surface area contributed by atoms with Gasteiger partial charge in [-0.25, -0.2) is 0 Å². The lowest BCUT2D eigenvalue weighted by atomic mass is 10.0. The van der Waals surface area contributed by atoms with Crippen LogP contribution in [0.3, 0.4) is 0 Å². The molecule has 0 saturated heterocycles. The summed E-state index contributed by atoms with van der Waals surface area (Å²) in [5, 5.41) is 9.24. The smallest absolute Gasteiger partial charge is 0.193 e. The molecule has 0 radical (unpaired) electrons. The van der Waals surface area contributed by atoms with Crippen molar-refractivity contribution in [3.05, 3.63) is 29.6 Å². The van der Waals surface area contributed by atoms with E-state index in [4.69, 9.17) is 9.53 Å². The molecule has 1 aromatic heterocycles. The number of aromatic nitrogens is 1. The van der Waals surface area contributed by atoms with E-state index in [-0.39, 0.29) is 11.6 Å². The summed E-state index contributed by atoms with van der Waals surface area (Å²) in [6.45, 7) is 15.3. The van der Waals surface area contributed by atoms with Crippen molar-refractivity contribution in [2.45, 2.75) is 65.0 Å². The van der Waals surface area contributed by atoms with Gasteiger partial charge < -0.3 is 9.53 Å². The van der Waals surface area contributed by atoms with E-state index in [0.717, 1.165) is 11.3 Å². The molecule has 1 rings (SSSR count). The molecule has 1 heterocycles. The van der Waals surface area contributed by atoms with Crippen molar-refractivity contribution in [3.63, 3.8) is 0 Å². The summed E-state index contributed by atoms with van der Waals surface area (Å²) in [6.07, 6.45) is 1.71. The fraction of sp³-hybridized carbons (Fsp3) is 0.667. The summed E-state index contributed by atoms with van der Waals surface area (Å²) < 4.78 is 6.46. The molecule has 19 heavy (non-hydrogen) atoms. The second kappa shape index (κ2) is 5.35. The highest BCUT2D eigenvalue weighted by Gasteiger charge is 2.42. The average Bonchev–Trinajstić information content (AvgIpc) is 2.26. The van der Waals surface area contributed by atoms with Crippen LogP contribution in [0, 0.1) is 0 Å². The van der Waals surface area contributed by atoms with E-state index < -0.39 is 13.9 Å². The molecule has 0 spiro atoms. The van der Waals surface area contributed by atoms with Crippen molar-refractivity contribution in [1.82, 2.24) is 4.98 Å². The number of aliphatic hydroxyl groups excluding tert-OH is 1. The van der Waals surface area contributed by atoms with Gasteiger partial charge in [0.05, 0.1) is 17.9 Å². The highest BCUT2D eigenvalue weighted by atomic mass is 28.4. The quantitative estimate of drug-likeness (QED) is 0.853. The van der Waals surface area contributed by atoms with Crippen LogP contribution in [0.15, 0.2) is 18.3 Å². The summed E-state index contributed by atoms with van der Waals surface area (Å²) in [5.74, 6) is 0. The van der Waals surface area contributed by atoms with Gasteiger partial charge in [-0.05, 0) is 43.6 Å². The Morgan fingerprint density at radius 1 is 1.16 bits per heavy atom. The molecule has 1 aromatic rings. The van der Waals surface area contributed by atoms with Crippen molar-refractivity contribution in [2.75, 3.05) is 0 Å². The first-order chi connectivity index (χ1) is 8.49. The van der Waals surface area contributed by atoms with E-state index in [9.17, 15) is 0 Å². The SMILES string of the molecule is CC(C)(O[Si](C)(C)C(C)(C)C)c1ccc(CO)cn1. The van der Waals surface area contributed by atoms with Gasteiger partial charge in [0, 0.05) is 6.20 Å². The van der Waals surface area contributed by atoms with Gasteiger partial charge in [0.1, 0.15) is 0 Å². The third-order valence-electron chi connectivity index (χ3n) is 3.94. The van der Waals surface area contributed by atoms with Gasteiger partial charge in [0.2, 0.25) is 0 Å². The van der Waals surface area contributed by atoms with Crippen LogP contribution in [0.25, 0.3) is 0 Å². The van der Waals surface area contributed by atoms with Gasteiger partial charge >= 0.3 is 0 Å². The zero-order valence-electron chi connectivity index (χ0n) is 13.2. The Labute approximate surface area is 118 Å². The molecule has 0 aromatic carbocycles. The Balaban J connectivity index is 2.97. The Bertz CT molecular complexity index is 419. The van der Waals surface area contributed by atoms with Crippen molar-refractivity contribution < 1.29 is 9.53 Å². The van der Waals surface area contributed by atoms with E-state index in [0.29, 0.717) is 0 Å². The van der Waals surface area contributed by atoms with Crippen molar-refractivity contribution in [2.24, 2.45) is 0 Å². The summed E-state index contributed by atoms with van der Waals surface area (Å²) in [5.41, 5.74) is 1.33. The van der Waals surface area contributed by atoms with E-state index in [1.54, 1.807) is 6.20 Å². The van der Waals surface area contributed by atoms with E-state index in [1.807, 2.05) is 12.1 Å². The number of aliphatic hydroxyl groups is 1. The number of pyridine rings is 1. The Morgan fingerprint density at radius 3 is 2.11 bits per heavy atom. The Kier molecular flexibility index (Phi) is 4.60. The molecule has 0 saturated carbocycles. The molecule has 0 atom stereocenters. The summed E-state index contributed by atoms with van der Waals surface area (Å²) >= 11 is 0. The highest BCUT2D eigenvalue weighted by Crippen LogP contribution is 2.41. The zero-order valence-corrected chi connectivity index (χ0v) is 14.2. The molecule has 108 valence electrons. The van der Waals surface area contributed by atoms with E-state index in [1.165, 1.54) is 0 Å². The van der Waals surface area contributed by atoms with Gasteiger partial charge in [-0.1, -0.05) is 26.8 Å². The van der Waals surface area contributed by atoms with Crippen LogP contribution in [0.2, 0.25) is 18.1 Å². The Morgan fingerprint density at radius 2 is 1.74 bits per heavy atom.